The van der Waals surface area contributed by atoms with Crippen molar-refractivity contribution in [2.24, 2.45) is 0 Å². The molecule has 0 fully saturated rings. The van der Waals surface area contributed by atoms with Gasteiger partial charge in [-0.15, -0.1) is 11.3 Å². The largest absolute Gasteiger partial charge is 0.489 e. The molecule has 3 aromatic rings. The molecule has 1 N–H and O–H groups in total. The number of methoxy groups -OCH3 is 1. The molecule has 0 saturated carbocycles. The van der Waals surface area contributed by atoms with E-state index in [1.54, 1.807) is 36.8 Å². The maximum absolute atomic E-state index is 14.5. The molecule has 0 radical (unpaired) electrons. The van der Waals surface area contributed by atoms with E-state index in [1.807, 2.05) is 12.1 Å². The molecule has 0 aliphatic heterocycles. The van der Waals surface area contributed by atoms with E-state index in [9.17, 15) is 9.18 Å². The van der Waals surface area contributed by atoms with Crippen molar-refractivity contribution in [2.75, 3.05) is 20.3 Å². The Kier molecular flexibility index (Phi) is 6.97. The van der Waals surface area contributed by atoms with Gasteiger partial charge in [0.15, 0.2) is 0 Å². The van der Waals surface area contributed by atoms with Crippen molar-refractivity contribution in [2.45, 2.75) is 6.61 Å². The van der Waals surface area contributed by atoms with E-state index in [-0.39, 0.29) is 18.2 Å². The average Bonchev–Trinajstić information content (AvgIpc) is 3.16. The fraction of sp³-hybridized carbons (Fsp3) is 0.200. The molecule has 0 unspecified atom stereocenters. The molecule has 0 aliphatic rings. The number of halogens is 2. The van der Waals surface area contributed by atoms with E-state index < -0.39 is 5.82 Å². The molecule has 0 spiro atoms. The molecule has 28 heavy (non-hydrogen) atoms. The lowest BCUT2D eigenvalue weighted by molar-refractivity contribution is 0.0933. The molecule has 8 heteroatoms. The number of ether oxygens (including phenoxy) is 2. The first-order valence-corrected chi connectivity index (χ1v) is 9.72. The standard InChI is InChI=1S/C20H18ClFN2O3S/c1-26-8-7-23-19(25)18-12-28-20(24-18)16-6-5-15(10-17(16)22)27-11-13-3-2-4-14(21)9-13/h2-6,9-10,12H,7-8,11H2,1H3,(H,23,25). The molecule has 0 saturated heterocycles. The topological polar surface area (TPSA) is 60.5 Å². The molecule has 0 bridgehead atoms. The van der Waals surface area contributed by atoms with Crippen molar-refractivity contribution in [3.05, 3.63) is 69.9 Å². The van der Waals surface area contributed by atoms with Gasteiger partial charge in [0.2, 0.25) is 0 Å². The van der Waals surface area contributed by atoms with Gasteiger partial charge in [0.1, 0.15) is 28.9 Å². The number of aromatic nitrogens is 1. The fourth-order valence-electron chi connectivity index (χ4n) is 2.41. The number of nitrogens with one attached hydrogen (secondary N) is 1. The summed E-state index contributed by atoms with van der Waals surface area (Å²) in [5.41, 5.74) is 1.45. The molecular weight excluding hydrogens is 403 g/mol. The summed E-state index contributed by atoms with van der Waals surface area (Å²) in [5, 5.41) is 5.32. The van der Waals surface area contributed by atoms with Crippen LogP contribution in [0.3, 0.4) is 0 Å². The van der Waals surface area contributed by atoms with E-state index in [4.69, 9.17) is 21.1 Å². The number of thiazole rings is 1. The van der Waals surface area contributed by atoms with Gasteiger partial charge in [-0.2, -0.15) is 0 Å². The second kappa shape index (κ2) is 9.64. The molecule has 3 rings (SSSR count). The fourth-order valence-corrected chi connectivity index (χ4v) is 3.45. The number of benzene rings is 2. The van der Waals surface area contributed by atoms with Crippen molar-refractivity contribution in [3.63, 3.8) is 0 Å². The lowest BCUT2D eigenvalue weighted by Crippen LogP contribution is -2.27. The minimum Gasteiger partial charge on any atom is -0.489 e. The van der Waals surface area contributed by atoms with Crippen molar-refractivity contribution in [3.8, 4) is 16.3 Å². The predicted molar refractivity (Wildman–Crippen MR) is 108 cm³/mol. The normalized spacial score (nSPS) is 10.7. The molecule has 5 nitrogen and oxygen atoms in total. The third-order valence-corrected chi connectivity index (χ3v) is 4.90. The average molecular weight is 421 g/mol. The predicted octanol–water partition coefficient (Wildman–Crippen LogP) is 4.56. The lowest BCUT2D eigenvalue weighted by atomic mass is 10.2. The molecule has 0 atom stereocenters. The molecule has 1 amide bonds. The van der Waals surface area contributed by atoms with Crippen LogP contribution < -0.4 is 10.1 Å². The van der Waals surface area contributed by atoms with E-state index in [1.165, 1.54) is 17.4 Å². The van der Waals surface area contributed by atoms with Gasteiger partial charge in [-0.25, -0.2) is 9.37 Å². The summed E-state index contributed by atoms with van der Waals surface area (Å²) in [7, 11) is 1.55. The maximum atomic E-state index is 14.5. The van der Waals surface area contributed by atoms with Crippen molar-refractivity contribution >= 4 is 28.8 Å². The Morgan fingerprint density at radius 3 is 2.89 bits per heavy atom. The van der Waals surface area contributed by atoms with Crippen LogP contribution in [0.25, 0.3) is 10.6 Å². The first kappa shape index (κ1) is 20.3. The summed E-state index contributed by atoms with van der Waals surface area (Å²) in [6, 6.07) is 11.8. The van der Waals surface area contributed by atoms with Crippen LogP contribution in [-0.4, -0.2) is 31.2 Å². The van der Waals surface area contributed by atoms with Crippen LogP contribution in [0.15, 0.2) is 47.8 Å². The van der Waals surface area contributed by atoms with E-state index in [2.05, 4.69) is 10.3 Å². The minimum atomic E-state index is -0.468. The monoisotopic (exact) mass is 420 g/mol. The van der Waals surface area contributed by atoms with Crippen LogP contribution in [0.4, 0.5) is 4.39 Å². The Morgan fingerprint density at radius 1 is 1.29 bits per heavy atom. The highest BCUT2D eigenvalue weighted by Gasteiger charge is 2.15. The summed E-state index contributed by atoms with van der Waals surface area (Å²) in [5.74, 6) is -0.388. The van der Waals surface area contributed by atoms with Gasteiger partial charge < -0.3 is 14.8 Å². The van der Waals surface area contributed by atoms with Gasteiger partial charge in [-0.05, 0) is 29.8 Å². The summed E-state index contributed by atoms with van der Waals surface area (Å²) < 4.78 is 25.0. The Hall–Kier alpha value is -2.48. The molecule has 2 aromatic carbocycles. The minimum absolute atomic E-state index is 0.247. The zero-order chi connectivity index (χ0) is 19.9. The third-order valence-electron chi connectivity index (χ3n) is 3.79. The van der Waals surface area contributed by atoms with Crippen LogP contribution in [0, 0.1) is 5.82 Å². The smallest absolute Gasteiger partial charge is 0.270 e. The van der Waals surface area contributed by atoms with E-state index in [0.29, 0.717) is 34.5 Å². The lowest BCUT2D eigenvalue weighted by Gasteiger charge is -2.08. The molecule has 1 aromatic heterocycles. The molecule has 0 aliphatic carbocycles. The summed E-state index contributed by atoms with van der Waals surface area (Å²) >= 11 is 7.15. The van der Waals surface area contributed by atoms with E-state index >= 15 is 0 Å². The van der Waals surface area contributed by atoms with Crippen molar-refractivity contribution in [1.29, 1.82) is 0 Å². The molecule has 146 valence electrons. The van der Waals surface area contributed by atoms with E-state index in [0.717, 1.165) is 5.56 Å². The van der Waals surface area contributed by atoms with Crippen LogP contribution in [0.5, 0.6) is 5.75 Å². The number of carbonyl (C=O) groups excluding carboxylic acids is 1. The number of nitrogens with zero attached hydrogens (tertiary/aromatic N) is 1. The van der Waals surface area contributed by atoms with Crippen molar-refractivity contribution < 1.29 is 18.7 Å². The van der Waals surface area contributed by atoms with Gasteiger partial charge >= 0.3 is 0 Å². The highest BCUT2D eigenvalue weighted by molar-refractivity contribution is 7.13. The number of rotatable bonds is 8. The molecule has 1 heterocycles. The number of hydrogen-bond donors (Lipinski definition) is 1. The second-order valence-electron chi connectivity index (χ2n) is 5.85. The van der Waals surface area contributed by atoms with Crippen molar-refractivity contribution in [1.82, 2.24) is 10.3 Å². The number of amides is 1. The van der Waals surface area contributed by atoms with Crippen LogP contribution in [-0.2, 0) is 11.3 Å². The zero-order valence-electron chi connectivity index (χ0n) is 15.1. The number of carbonyl (C=O) groups is 1. The Morgan fingerprint density at radius 2 is 2.14 bits per heavy atom. The van der Waals surface area contributed by atoms with Crippen LogP contribution in [0.2, 0.25) is 5.02 Å². The zero-order valence-corrected chi connectivity index (χ0v) is 16.6. The van der Waals surface area contributed by atoms with Gasteiger partial charge in [0, 0.05) is 35.7 Å². The SMILES string of the molecule is COCCNC(=O)c1csc(-c2ccc(OCc3cccc(Cl)c3)cc2F)n1. The summed E-state index contributed by atoms with van der Waals surface area (Å²) in [6.07, 6.45) is 0. The quantitative estimate of drug-likeness (QED) is 0.543. The summed E-state index contributed by atoms with van der Waals surface area (Å²) in [4.78, 5) is 16.2. The highest BCUT2D eigenvalue weighted by atomic mass is 35.5. The first-order chi connectivity index (χ1) is 13.6. The van der Waals surface area contributed by atoms with Crippen LogP contribution >= 0.6 is 22.9 Å². The first-order valence-electron chi connectivity index (χ1n) is 8.46. The number of hydrogen-bond acceptors (Lipinski definition) is 5. The third kappa shape index (κ3) is 5.28. The second-order valence-corrected chi connectivity index (χ2v) is 7.14. The molecular formula is C20H18ClFN2O3S. The van der Waals surface area contributed by atoms with Crippen LogP contribution in [0.1, 0.15) is 16.1 Å². The Balaban J connectivity index is 1.66. The highest BCUT2D eigenvalue weighted by Crippen LogP contribution is 2.29. The van der Waals surface area contributed by atoms with Gasteiger partial charge in [0.25, 0.3) is 5.91 Å². The Labute approximate surface area is 171 Å². The van der Waals surface area contributed by atoms with Gasteiger partial charge in [-0.1, -0.05) is 23.7 Å². The Bertz CT molecular complexity index is 964. The summed E-state index contributed by atoms with van der Waals surface area (Å²) in [6.45, 7) is 1.08. The van der Waals surface area contributed by atoms with Gasteiger partial charge in [0.05, 0.1) is 6.61 Å². The maximum Gasteiger partial charge on any atom is 0.270 e. The van der Waals surface area contributed by atoms with Gasteiger partial charge in [-0.3, -0.25) is 4.79 Å².